The monoisotopic (exact) mass is 180 g/mol. The lowest BCUT2D eigenvalue weighted by molar-refractivity contribution is -0.132. The number of aromatic nitrogens is 2. The summed E-state index contributed by atoms with van der Waals surface area (Å²) < 4.78 is 4.65. The van der Waals surface area contributed by atoms with E-state index in [1.807, 2.05) is 0 Å². The highest BCUT2D eigenvalue weighted by Gasteiger charge is 2.00. The van der Waals surface area contributed by atoms with Gasteiger partial charge in [-0.1, -0.05) is 0 Å². The Bertz CT molecular complexity index is 308. The molecule has 1 aromatic rings. The summed E-state index contributed by atoms with van der Waals surface area (Å²) in [7, 11) is 0. The van der Waals surface area contributed by atoms with Crippen LogP contribution in [0.5, 0.6) is 5.88 Å². The van der Waals surface area contributed by atoms with Gasteiger partial charge in [-0.25, -0.2) is 4.98 Å². The first-order valence-corrected chi connectivity index (χ1v) is 3.65. The Labute approximate surface area is 74.8 Å². The largest absolute Gasteiger partial charge is 0.406 e. The first-order chi connectivity index (χ1) is 6.22. The van der Waals surface area contributed by atoms with Gasteiger partial charge in [-0.05, 0) is 0 Å². The van der Waals surface area contributed by atoms with E-state index in [0.717, 1.165) is 6.29 Å². The van der Waals surface area contributed by atoms with Gasteiger partial charge in [-0.15, -0.1) is 0 Å². The molecular weight excluding hydrogens is 172 g/mol. The van der Waals surface area contributed by atoms with Gasteiger partial charge in [0.15, 0.2) is 0 Å². The number of nitrogens with zero attached hydrogens (tertiary/aromatic N) is 2. The summed E-state index contributed by atoms with van der Waals surface area (Å²) in [5.41, 5.74) is 0.547. The van der Waals surface area contributed by atoms with Crippen molar-refractivity contribution < 1.29 is 14.3 Å². The van der Waals surface area contributed by atoms with Gasteiger partial charge in [0.25, 0.3) is 0 Å². The maximum absolute atomic E-state index is 10.5. The molecule has 0 unspecified atom stereocenters. The van der Waals surface area contributed by atoms with Crippen molar-refractivity contribution in [1.29, 1.82) is 0 Å². The molecule has 0 aromatic carbocycles. The molecule has 13 heavy (non-hydrogen) atoms. The van der Waals surface area contributed by atoms with E-state index in [1.54, 1.807) is 0 Å². The number of carbonyl (C=O) groups is 2. The standard InChI is InChI=1S/C8H8N2O3/c1-6(12)13-8-5-9-7(2-3-11)4-10-8/h3-5H,2H2,1H3. The summed E-state index contributed by atoms with van der Waals surface area (Å²) in [6, 6.07) is 0. The van der Waals surface area contributed by atoms with Gasteiger partial charge in [0.2, 0.25) is 5.88 Å². The quantitative estimate of drug-likeness (QED) is 0.489. The molecule has 1 aromatic heterocycles. The van der Waals surface area contributed by atoms with Crippen molar-refractivity contribution in [2.24, 2.45) is 0 Å². The molecule has 0 aliphatic carbocycles. The zero-order valence-corrected chi connectivity index (χ0v) is 7.06. The highest BCUT2D eigenvalue weighted by molar-refractivity contribution is 5.68. The van der Waals surface area contributed by atoms with E-state index in [-0.39, 0.29) is 12.3 Å². The Morgan fingerprint density at radius 1 is 1.54 bits per heavy atom. The van der Waals surface area contributed by atoms with Crippen LogP contribution in [0.1, 0.15) is 12.6 Å². The molecule has 0 N–H and O–H groups in total. The first kappa shape index (κ1) is 9.31. The molecule has 0 spiro atoms. The minimum Gasteiger partial charge on any atom is -0.406 e. The Morgan fingerprint density at radius 3 is 2.77 bits per heavy atom. The second kappa shape index (κ2) is 4.30. The Morgan fingerprint density at radius 2 is 2.31 bits per heavy atom. The molecule has 68 valence electrons. The fourth-order valence-electron chi connectivity index (χ4n) is 0.734. The van der Waals surface area contributed by atoms with Crippen molar-refractivity contribution in [3.05, 3.63) is 18.1 Å². The summed E-state index contributed by atoms with van der Waals surface area (Å²) in [6.45, 7) is 1.28. The highest BCUT2D eigenvalue weighted by atomic mass is 16.5. The first-order valence-electron chi connectivity index (χ1n) is 3.65. The molecular formula is C8H8N2O3. The third kappa shape index (κ3) is 2.98. The lowest BCUT2D eigenvalue weighted by Crippen LogP contribution is -2.04. The van der Waals surface area contributed by atoms with E-state index in [4.69, 9.17) is 0 Å². The molecule has 0 fully saturated rings. The Balaban J connectivity index is 2.69. The second-order valence-electron chi connectivity index (χ2n) is 2.31. The fourth-order valence-corrected chi connectivity index (χ4v) is 0.734. The summed E-state index contributed by atoms with van der Waals surface area (Å²) in [5.74, 6) is -0.306. The molecule has 1 heterocycles. The zero-order chi connectivity index (χ0) is 9.68. The van der Waals surface area contributed by atoms with Crippen molar-refractivity contribution in [3.63, 3.8) is 0 Å². The van der Waals surface area contributed by atoms with E-state index in [9.17, 15) is 9.59 Å². The van der Waals surface area contributed by atoms with Crippen LogP contribution in [0.25, 0.3) is 0 Å². The van der Waals surface area contributed by atoms with Crippen LogP contribution in [0.2, 0.25) is 0 Å². The summed E-state index contributed by atoms with van der Waals surface area (Å²) in [4.78, 5) is 28.2. The molecule has 0 amide bonds. The maximum atomic E-state index is 10.5. The van der Waals surface area contributed by atoms with Gasteiger partial charge in [0, 0.05) is 13.3 Å². The number of carbonyl (C=O) groups excluding carboxylic acids is 2. The lowest BCUT2D eigenvalue weighted by atomic mass is 10.3. The summed E-state index contributed by atoms with van der Waals surface area (Å²) in [6.07, 6.45) is 3.65. The minimum absolute atomic E-state index is 0.141. The van der Waals surface area contributed by atoms with Crippen LogP contribution in [0, 0.1) is 0 Å². The van der Waals surface area contributed by atoms with Crippen LogP contribution >= 0.6 is 0 Å². The summed E-state index contributed by atoms with van der Waals surface area (Å²) in [5, 5.41) is 0. The van der Waals surface area contributed by atoms with Crippen LogP contribution < -0.4 is 4.74 Å². The number of ether oxygens (including phenoxy) is 1. The molecule has 0 saturated heterocycles. The van der Waals surface area contributed by atoms with Crippen LogP contribution in [-0.2, 0) is 16.0 Å². The molecule has 5 nitrogen and oxygen atoms in total. The number of esters is 1. The van der Waals surface area contributed by atoms with Gasteiger partial charge >= 0.3 is 5.97 Å². The van der Waals surface area contributed by atoms with Crippen molar-refractivity contribution in [2.75, 3.05) is 0 Å². The van der Waals surface area contributed by atoms with Gasteiger partial charge < -0.3 is 9.53 Å². The topological polar surface area (TPSA) is 69.2 Å². The predicted octanol–water partition coefficient (Wildman–Crippen LogP) is 0.143. The molecule has 5 heteroatoms. The lowest BCUT2D eigenvalue weighted by Gasteiger charge is -1.98. The van der Waals surface area contributed by atoms with Crippen molar-refractivity contribution >= 4 is 12.3 Å². The van der Waals surface area contributed by atoms with E-state index >= 15 is 0 Å². The number of aldehydes is 1. The second-order valence-corrected chi connectivity index (χ2v) is 2.31. The fraction of sp³-hybridized carbons (Fsp3) is 0.250. The number of hydrogen-bond acceptors (Lipinski definition) is 5. The van der Waals surface area contributed by atoms with Crippen LogP contribution in [0.15, 0.2) is 12.4 Å². The van der Waals surface area contributed by atoms with Crippen molar-refractivity contribution in [2.45, 2.75) is 13.3 Å². The van der Waals surface area contributed by atoms with E-state index < -0.39 is 5.97 Å². The van der Waals surface area contributed by atoms with Gasteiger partial charge in [-0.3, -0.25) is 9.78 Å². The van der Waals surface area contributed by atoms with Gasteiger partial charge in [-0.2, -0.15) is 0 Å². The molecule has 0 radical (unpaired) electrons. The average Bonchev–Trinajstić information content (AvgIpc) is 2.08. The molecule has 0 bridgehead atoms. The molecule has 1 rings (SSSR count). The smallest absolute Gasteiger partial charge is 0.309 e. The zero-order valence-electron chi connectivity index (χ0n) is 7.06. The maximum Gasteiger partial charge on any atom is 0.309 e. The SMILES string of the molecule is CC(=O)Oc1cnc(CC=O)cn1. The molecule has 0 aliphatic rings. The molecule has 0 saturated carbocycles. The Hall–Kier alpha value is -1.78. The summed E-state index contributed by atoms with van der Waals surface area (Å²) >= 11 is 0. The third-order valence-electron chi connectivity index (χ3n) is 1.22. The van der Waals surface area contributed by atoms with Crippen molar-refractivity contribution in [3.8, 4) is 5.88 Å². The van der Waals surface area contributed by atoms with Crippen LogP contribution in [0.3, 0.4) is 0 Å². The minimum atomic E-state index is -0.447. The van der Waals surface area contributed by atoms with E-state index in [2.05, 4.69) is 14.7 Å². The number of hydrogen-bond donors (Lipinski definition) is 0. The molecule has 0 atom stereocenters. The predicted molar refractivity (Wildman–Crippen MR) is 43.1 cm³/mol. The molecule has 0 aliphatic heterocycles. The van der Waals surface area contributed by atoms with Crippen LogP contribution in [-0.4, -0.2) is 22.2 Å². The Kier molecular flexibility index (Phi) is 3.08. The highest BCUT2D eigenvalue weighted by Crippen LogP contribution is 2.03. The van der Waals surface area contributed by atoms with E-state index in [0.29, 0.717) is 5.69 Å². The number of rotatable bonds is 3. The normalized spacial score (nSPS) is 9.31. The van der Waals surface area contributed by atoms with E-state index in [1.165, 1.54) is 19.3 Å². The van der Waals surface area contributed by atoms with Gasteiger partial charge in [0.1, 0.15) is 6.29 Å². The van der Waals surface area contributed by atoms with Crippen molar-refractivity contribution in [1.82, 2.24) is 9.97 Å². The van der Waals surface area contributed by atoms with Crippen LogP contribution in [0.4, 0.5) is 0 Å². The van der Waals surface area contributed by atoms with Gasteiger partial charge in [0.05, 0.1) is 18.1 Å². The average molecular weight is 180 g/mol. The third-order valence-corrected chi connectivity index (χ3v) is 1.22.